The maximum Gasteiger partial charge on any atom is 0 e. The van der Waals surface area contributed by atoms with Gasteiger partial charge in [-0.15, -0.1) is 0 Å². The number of rotatable bonds is 0. The van der Waals surface area contributed by atoms with Crippen LogP contribution >= 0.6 is 0 Å². The van der Waals surface area contributed by atoms with Gasteiger partial charge in [0.1, 0.15) is 0 Å². The molecule has 0 saturated heterocycles. The summed E-state index contributed by atoms with van der Waals surface area (Å²) >= 11 is 0. The topological polar surface area (TPSA) is 126 Å². The first-order valence-corrected chi connectivity index (χ1v) is 0. The van der Waals surface area contributed by atoms with Crippen LogP contribution in [-0.2, 0) is 0 Å². The smallest absolute Gasteiger partial charge is 0 e. The fraction of sp³-hybridized carbons (Fsp3) is 0. The van der Waals surface area contributed by atoms with Crippen LogP contribution in [0.4, 0.5) is 0 Å². The molecule has 0 heterocycles. The van der Waals surface area contributed by atoms with Crippen molar-refractivity contribution in [3.8, 4) is 0 Å². The molecule has 0 fully saturated rings. The molecular formula is H8InO4Sn2. The van der Waals surface area contributed by atoms with Crippen LogP contribution in [-0.4, -0.2) is 95.6 Å². The Kier molecular flexibility index (Phi) is 1440. The quantitative estimate of drug-likeness (QED) is 0.348. The van der Waals surface area contributed by atoms with Crippen LogP contribution in [0.25, 0.3) is 0 Å². The first-order chi connectivity index (χ1) is 0. The van der Waals surface area contributed by atoms with Gasteiger partial charge in [0.05, 0.1) is 0 Å². The molecule has 8 N–H and O–H groups in total. The SMILES string of the molecule is O.O.O.O.[In].[Sn].[Sn]. The van der Waals surface area contributed by atoms with E-state index in [2.05, 4.69) is 0 Å². The zero-order valence-electron chi connectivity index (χ0n) is 3.58. The van der Waals surface area contributed by atoms with Crippen molar-refractivity contribution in [3.63, 3.8) is 0 Å². The van der Waals surface area contributed by atoms with Gasteiger partial charge in [-0.05, 0) is 0 Å². The van der Waals surface area contributed by atoms with Gasteiger partial charge in [0.25, 0.3) is 0 Å². The Bertz CT molecular complexity index is 9.65. The standard InChI is InChI=1S/In.4H2O.2Sn/h;4*1H2;;. The Hall–Kier alpha value is 2.31. The van der Waals surface area contributed by atoms with E-state index in [0.29, 0.717) is 0 Å². The van der Waals surface area contributed by atoms with E-state index in [4.69, 9.17) is 0 Å². The molecule has 7 heteroatoms. The molecular weight excluding hydrogens is 416 g/mol. The Balaban J connectivity index is 0. The van der Waals surface area contributed by atoms with Crippen molar-refractivity contribution in [2.24, 2.45) is 0 Å². The van der Waals surface area contributed by atoms with Crippen LogP contribution in [0.3, 0.4) is 0 Å². The van der Waals surface area contributed by atoms with E-state index < -0.39 is 0 Å². The molecule has 0 saturated carbocycles. The molecule has 0 aliphatic carbocycles. The van der Waals surface area contributed by atoms with Crippen molar-refractivity contribution in [1.29, 1.82) is 0 Å². The second-order valence-electron chi connectivity index (χ2n) is 0. The summed E-state index contributed by atoms with van der Waals surface area (Å²) in [5.41, 5.74) is 0. The molecule has 0 unspecified atom stereocenters. The fourth-order valence-electron chi connectivity index (χ4n) is 0. The van der Waals surface area contributed by atoms with Crippen LogP contribution in [0, 0.1) is 0 Å². The normalized spacial score (nSPS) is 0. The van der Waals surface area contributed by atoms with Crippen LogP contribution < -0.4 is 0 Å². The molecule has 11 radical (unpaired) electrons. The van der Waals surface area contributed by atoms with E-state index >= 15 is 0 Å². The fourth-order valence-corrected chi connectivity index (χ4v) is 0. The van der Waals surface area contributed by atoms with Gasteiger partial charge in [0.2, 0.25) is 0 Å². The van der Waals surface area contributed by atoms with Crippen molar-refractivity contribution in [3.05, 3.63) is 0 Å². The first-order valence-electron chi connectivity index (χ1n) is 0. The minimum Gasteiger partial charge on any atom is -0.412 e. The average Bonchev–Trinajstić information content (AvgIpc) is 0. The predicted octanol–water partition coefficient (Wildman–Crippen LogP) is -4.44. The van der Waals surface area contributed by atoms with Crippen LogP contribution in [0.15, 0.2) is 0 Å². The Labute approximate surface area is 94.4 Å². The van der Waals surface area contributed by atoms with Gasteiger partial charge in [-0.1, -0.05) is 0 Å². The average molecular weight is 424 g/mol. The summed E-state index contributed by atoms with van der Waals surface area (Å²) in [4.78, 5) is 0. The van der Waals surface area contributed by atoms with Gasteiger partial charge >= 0.3 is 0 Å². The first kappa shape index (κ1) is 121. The molecule has 0 atom stereocenters. The molecule has 0 aromatic heterocycles. The number of hydrogen-bond acceptors (Lipinski definition) is 0. The summed E-state index contributed by atoms with van der Waals surface area (Å²) in [6.07, 6.45) is 0. The second kappa shape index (κ2) is 83.3. The molecule has 4 nitrogen and oxygen atoms in total. The summed E-state index contributed by atoms with van der Waals surface area (Å²) in [7, 11) is 0. The van der Waals surface area contributed by atoms with Crippen molar-refractivity contribution in [1.82, 2.24) is 0 Å². The van der Waals surface area contributed by atoms with Crippen molar-refractivity contribution >= 4 is 73.7 Å². The third-order valence-electron chi connectivity index (χ3n) is 0. The van der Waals surface area contributed by atoms with E-state index in [1.54, 1.807) is 0 Å². The molecule has 0 amide bonds. The predicted molar refractivity (Wildman–Crippen MR) is 31.7 cm³/mol. The third kappa shape index (κ3) is 62.1. The van der Waals surface area contributed by atoms with Gasteiger partial charge in [0, 0.05) is 73.7 Å². The zero-order chi connectivity index (χ0) is 0. The Morgan fingerprint density at radius 3 is 0.429 bits per heavy atom. The summed E-state index contributed by atoms with van der Waals surface area (Å²) in [6.45, 7) is 0. The molecule has 0 bridgehead atoms. The van der Waals surface area contributed by atoms with Gasteiger partial charge < -0.3 is 21.9 Å². The molecule has 0 rings (SSSR count). The van der Waals surface area contributed by atoms with E-state index in [9.17, 15) is 0 Å². The summed E-state index contributed by atoms with van der Waals surface area (Å²) in [6, 6.07) is 0. The molecule has 7 heavy (non-hydrogen) atoms. The maximum atomic E-state index is 0. The van der Waals surface area contributed by atoms with E-state index in [0.717, 1.165) is 0 Å². The van der Waals surface area contributed by atoms with Gasteiger partial charge in [-0.3, -0.25) is 0 Å². The van der Waals surface area contributed by atoms with Crippen LogP contribution in [0.2, 0.25) is 0 Å². The van der Waals surface area contributed by atoms with Crippen molar-refractivity contribution in [2.45, 2.75) is 0 Å². The van der Waals surface area contributed by atoms with E-state index in [1.807, 2.05) is 0 Å². The summed E-state index contributed by atoms with van der Waals surface area (Å²) < 4.78 is 0. The van der Waals surface area contributed by atoms with Gasteiger partial charge in [-0.25, -0.2) is 0 Å². The monoisotopic (exact) mass is 427 g/mol. The second-order valence-corrected chi connectivity index (χ2v) is 0. The van der Waals surface area contributed by atoms with Crippen LogP contribution in [0.5, 0.6) is 0 Å². The Morgan fingerprint density at radius 2 is 0.429 bits per heavy atom. The molecule has 0 spiro atoms. The molecule has 0 aromatic carbocycles. The van der Waals surface area contributed by atoms with Crippen molar-refractivity contribution in [2.75, 3.05) is 0 Å². The van der Waals surface area contributed by atoms with E-state index in [-0.39, 0.29) is 95.6 Å². The third-order valence-corrected chi connectivity index (χ3v) is 0. The molecule has 0 aliphatic heterocycles. The minimum absolute atomic E-state index is 0. The molecule has 0 aromatic rings. The summed E-state index contributed by atoms with van der Waals surface area (Å²) in [5.74, 6) is 0. The number of hydrogen-bond donors (Lipinski definition) is 0. The molecule has 0 aliphatic rings. The van der Waals surface area contributed by atoms with Crippen molar-refractivity contribution < 1.29 is 21.9 Å². The molecule has 43 valence electrons. The maximum absolute atomic E-state index is 0. The largest absolute Gasteiger partial charge is 0.412 e. The van der Waals surface area contributed by atoms with Crippen LogP contribution in [0.1, 0.15) is 0 Å². The minimum atomic E-state index is 0. The Morgan fingerprint density at radius 1 is 0.429 bits per heavy atom. The zero-order valence-corrected chi connectivity index (χ0v) is 12.6. The van der Waals surface area contributed by atoms with Gasteiger partial charge in [-0.2, -0.15) is 0 Å². The van der Waals surface area contributed by atoms with E-state index in [1.165, 1.54) is 0 Å². The summed E-state index contributed by atoms with van der Waals surface area (Å²) in [5, 5.41) is 0. The van der Waals surface area contributed by atoms with Gasteiger partial charge in [0.15, 0.2) is 0 Å².